The molecule has 0 unspecified atom stereocenters. The zero-order chi connectivity index (χ0) is 14.5. The molecule has 1 aliphatic heterocycles. The Morgan fingerprint density at radius 3 is 2.70 bits per heavy atom. The predicted molar refractivity (Wildman–Crippen MR) is 77.3 cm³/mol. The molecule has 5 nitrogen and oxygen atoms in total. The van der Waals surface area contributed by atoms with Gasteiger partial charge in [-0.1, -0.05) is 17.7 Å². The van der Waals surface area contributed by atoms with E-state index in [9.17, 15) is 9.59 Å². The highest BCUT2D eigenvalue weighted by Crippen LogP contribution is 2.10. The molecule has 0 radical (unpaired) electrons. The lowest BCUT2D eigenvalue weighted by atomic mass is 10.1. The summed E-state index contributed by atoms with van der Waals surface area (Å²) in [7, 11) is 0. The van der Waals surface area contributed by atoms with E-state index in [2.05, 4.69) is 0 Å². The van der Waals surface area contributed by atoms with Crippen LogP contribution < -0.4 is 5.73 Å². The van der Waals surface area contributed by atoms with E-state index in [-0.39, 0.29) is 18.4 Å². The number of hydrogen-bond donors (Lipinski definition) is 1. The Labute approximate surface area is 119 Å². The van der Waals surface area contributed by atoms with Crippen LogP contribution in [0.4, 0.5) is 0 Å². The third-order valence-corrected chi connectivity index (χ3v) is 3.52. The first-order valence-corrected chi connectivity index (χ1v) is 6.93. The summed E-state index contributed by atoms with van der Waals surface area (Å²) in [4.78, 5) is 27.3. The highest BCUT2D eigenvalue weighted by molar-refractivity contribution is 5.94. The zero-order valence-corrected chi connectivity index (χ0v) is 11.8. The number of benzene rings is 1. The van der Waals surface area contributed by atoms with Crippen LogP contribution in [0, 0.1) is 6.92 Å². The smallest absolute Gasteiger partial charge is 0.253 e. The molecule has 108 valence electrons. The Hall–Kier alpha value is -1.88. The van der Waals surface area contributed by atoms with Gasteiger partial charge in [-0.15, -0.1) is 0 Å². The Bertz CT molecular complexity index is 502. The van der Waals surface area contributed by atoms with Crippen LogP contribution in [0.25, 0.3) is 0 Å². The van der Waals surface area contributed by atoms with Crippen molar-refractivity contribution >= 4 is 11.8 Å². The molecule has 2 amide bonds. The molecule has 1 saturated heterocycles. The Morgan fingerprint density at radius 2 is 2.00 bits per heavy atom. The van der Waals surface area contributed by atoms with Crippen molar-refractivity contribution in [1.82, 2.24) is 9.80 Å². The average Bonchev–Trinajstić information content (AvgIpc) is 2.63. The molecular formula is C15H21N3O2. The minimum absolute atomic E-state index is 0.0645. The van der Waals surface area contributed by atoms with Crippen molar-refractivity contribution < 1.29 is 9.59 Å². The van der Waals surface area contributed by atoms with E-state index < -0.39 is 0 Å². The van der Waals surface area contributed by atoms with E-state index in [1.54, 1.807) is 0 Å². The van der Waals surface area contributed by atoms with Crippen molar-refractivity contribution in [3.63, 3.8) is 0 Å². The Morgan fingerprint density at radius 1 is 1.20 bits per heavy atom. The van der Waals surface area contributed by atoms with Crippen LogP contribution in [0.2, 0.25) is 0 Å². The first-order chi connectivity index (χ1) is 9.56. The molecule has 1 fully saturated rings. The second kappa shape index (κ2) is 6.52. The summed E-state index contributed by atoms with van der Waals surface area (Å²) in [5, 5.41) is 0. The molecule has 1 heterocycles. The maximum Gasteiger partial charge on any atom is 0.253 e. The largest absolute Gasteiger partial charge is 0.369 e. The molecule has 2 rings (SSSR count). The maximum atomic E-state index is 12.4. The van der Waals surface area contributed by atoms with Crippen molar-refractivity contribution in [2.45, 2.75) is 13.3 Å². The van der Waals surface area contributed by atoms with Gasteiger partial charge in [0.05, 0.1) is 6.54 Å². The van der Waals surface area contributed by atoms with Gasteiger partial charge >= 0.3 is 0 Å². The van der Waals surface area contributed by atoms with E-state index in [1.165, 1.54) is 0 Å². The Kier molecular flexibility index (Phi) is 4.74. The van der Waals surface area contributed by atoms with Gasteiger partial charge < -0.3 is 10.6 Å². The van der Waals surface area contributed by atoms with Gasteiger partial charge in [-0.2, -0.15) is 0 Å². The van der Waals surface area contributed by atoms with Crippen LogP contribution >= 0.6 is 0 Å². The number of nitrogens with two attached hydrogens (primary N) is 1. The van der Waals surface area contributed by atoms with Gasteiger partial charge in [0.25, 0.3) is 5.91 Å². The van der Waals surface area contributed by atoms with Gasteiger partial charge in [-0.25, -0.2) is 0 Å². The van der Waals surface area contributed by atoms with Crippen LogP contribution in [0.3, 0.4) is 0 Å². The van der Waals surface area contributed by atoms with Crippen LogP contribution in [0.5, 0.6) is 0 Å². The fourth-order valence-corrected chi connectivity index (χ4v) is 2.51. The number of primary amides is 1. The van der Waals surface area contributed by atoms with Crippen molar-refractivity contribution in [3.8, 4) is 0 Å². The summed E-state index contributed by atoms with van der Waals surface area (Å²) in [6.45, 7) is 5.11. The highest BCUT2D eigenvalue weighted by atomic mass is 16.2. The molecular weight excluding hydrogens is 254 g/mol. The number of aryl methyl sites for hydroxylation is 1. The third-order valence-electron chi connectivity index (χ3n) is 3.52. The lowest BCUT2D eigenvalue weighted by molar-refractivity contribution is -0.119. The molecule has 1 aromatic carbocycles. The topological polar surface area (TPSA) is 66.6 Å². The molecule has 1 aliphatic rings. The molecule has 1 aromatic rings. The van der Waals surface area contributed by atoms with Crippen LogP contribution in [-0.2, 0) is 4.79 Å². The third kappa shape index (κ3) is 3.81. The number of nitrogens with zero attached hydrogens (tertiary/aromatic N) is 2. The maximum absolute atomic E-state index is 12.4. The van der Waals surface area contributed by atoms with E-state index in [0.717, 1.165) is 30.6 Å². The molecule has 20 heavy (non-hydrogen) atoms. The van der Waals surface area contributed by atoms with Crippen molar-refractivity contribution in [2.75, 3.05) is 32.7 Å². The van der Waals surface area contributed by atoms with Crippen molar-refractivity contribution in [3.05, 3.63) is 35.4 Å². The van der Waals surface area contributed by atoms with Gasteiger partial charge in [0.15, 0.2) is 0 Å². The van der Waals surface area contributed by atoms with Crippen molar-refractivity contribution in [1.29, 1.82) is 0 Å². The molecule has 0 aliphatic carbocycles. The molecule has 0 bridgehead atoms. The zero-order valence-electron chi connectivity index (χ0n) is 11.8. The van der Waals surface area contributed by atoms with Crippen LogP contribution in [-0.4, -0.2) is 54.3 Å². The summed E-state index contributed by atoms with van der Waals surface area (Å²) >= 11 is 0. The summed E-state index contributed by atoms with van der Waals surface area (Å²) in [6.07, 6.45) is 0.866. The normalized spacial score (nSPS) is 16.8. The number of hydrogen-bond acceptors (Lipinski definition) is 3. The standard InChI is InChI=1S/C15H21N3O2/c1-12-4-2-5-13(10-12)15(20)18-7-3-6-17(8-9-18)11-14(16)19/h2,4-5,10H,3,6-9,11H2,1H3,(H2,16,19). The number of carbonyl (C=O) groups excluding carboxylic acids is 2. The Balaban J connectivity index is 1.99. The van der Waals surface area contributed by atoms with Gasteiger partial charge in [0.1, 0.15) is 0 Å². The van der Waals surface area contributed by atoms with E-state index in [0.29, 0.717) is 13.1 Å². The number of amides is 2. The van der Waals surface area contributed by atoms with Crippen LogP contribution in [0.15, 0.2) is 24.3 Å². The molecule has 0 atom stereocenters. The lowest BCUT2D eigenvalue weighted by Gasteiger charge is -2.21. The van der Waals surface area contributed by atoms with Gasteiger partial charge in [-0.3, -0.25) is 14.5 Å². The average molecular weight is 275 g/mol. The summed E-state index contributed by atoms with van der Waals surface area (Å²) in [5.41, 5.74) is 7.03. The quantitative estimate of drug-likeness (QED) is 0.879. The van der Waals surface area contributed by atoms with Gasteiger partial charge in [0.2, 0.25) is 5.91 Å². The predicted octanol–water partition coefficient (Wildman–Crippen LogP) is 0.628. The molecule has 0 aromatic heterocycles. The summed E-state index contributed by atoms with van der Waals surface area (Å²) < 4.78 is 0. The fraction of sp³-hybridized carbons (Fsp3) is 0.467. The fourth-order valence-electron chi connectivity index (χ4n) is 2.51. The monoisotopic (exact) mass is 275 g/mol. The number of carbonyl (C=O) groups is 2. The SMILES string of the molecule is Cc1cccc(C(=O)N2CCCN(CC(N)=O)CC2)c1. The van der Waals surface area contributed by atoms with E-state index >= 15 is 0 Å². The minimum Gasteiger partial charge on any atom is -0.369 e. The van der Waals surface area contributed by atoms with Crippen LogP contribution in [0.1, 0.15) is 22.3 Å². The molecule has 0 saturated carbocycles. The molecule has 0 spiro atoms. The second-order valence-corrected chi connectivity index (χ2v) is 5.26. The van der Waals surface area contributed by atoms with E-state index in [1.807, 2.05) is 41.0 Å². The lowest BCUT2D eigenvalue weighted by Crippen LogP contribution is -2.38. The first-order valence-electron chi connectivity index (χ1n) is 6.93. The minimum atomic E-state index is -0.316. The molecule has 2 N–H and O–H groups in total. The van der Waals surface area contributed by atoms with E-state index in [4.69, 9.17) is 5.73 Å². The summed E-state index contributed by atoms with van der Waals surface area (Å²) in [5.74, 6) is -0.252. The van der Waals surface area contributed by atoms with Crippen molar-refractivity contribution in [2.24, 2.45) is 5.73 Å². The van der Waals surface area contributed by atoms with Gasteiger partial charge in [0, 0.05) is 31.7 Å². The highest BCUT2D eigenvalue weighted by Gasteiger charge is 2.20. The molecule has 5 heteroatoms. The summed E-state index contributed by atoms with van der Waals surface area (Å²) in [6, 6.07) is 7.64. The number of rotatable bonds is 3. The first kappa shape index (κ1) is 14.5. The van der Waals surface area contributed by atoms with Gasteiger partial charge in [-0.05, 0) is 25.5 Å². The second-order valence-electron chi connectivity index (χ2n) is 5.26.